The van der Waals surface area contributed by atoms with E-state index in [4.69, 9.17) is 5.73 Å². The molecule has 3 heteroatoms. The zero-order chi connectivity index (χ0) is 15.2. The van der Waals surface area contributed by atoms with E-state index in [0.717, 1.165) is 17.4 Å². The highest BCUT2D eigenvalue weighted by molar-refractivity contribution is 9.10. The molecule has 0 aliphatic carbocycles. The van der Waals surface area contributed by atoms with Gasteiger partial charge in [0.05, 0.1) is 5.69 Å². The molecule has 0 unspecified atom stereocenters. The van der Waals surface area contributed by atoms with E-state index in [9.17, 15) is 0 Å². The van der Waals surface area contributed by atoms with Gasteiger partial charge in [0.25, 0.3) is 0 Å². The van der Waals surface area contributed by atoms with Crippen molar-refractivity contribution in [3.63, 3.8) is 0 Å². The van der Waals surface area contributed by atoms with Crippen molar-refractivity contribution in [1.29, 1.82) is 0 Å². The van der Waals surface area contributed by atoms with Crippen LogP contribution in [0.5, 0.6) is 0 Å². The standard InChI is InChI=1S/C18H23BrN2/c1-14(2)21(13-16-6-4-3-5-7-16)18-9-8-15(10-11-20)12-17(18)19/h3-9,12,14H,10-11,13,20H2,1-2H3. The molecule has 0 radical (unpaired) electrons. The van der Waals surface area contributed by atoms with Gasteiger partial charge in [-0.15, -0.1) is 0 Å². The average molecular weight is 347 g/mol. The lowest BCUT2D eigenvalue weighted by Crippen LogP contribution is -2.30. The van der Waals surface area contributed by atoms with Crippen molar-refractivity contribution in [3.8, 4) is 0 Å². The second kappa shape index (κ2) is 7.62. The summed E-state index contributed by atoms with van der Waals surface area (Å²) in [6.07, 6.45) is 0.916. The monoisotopic (exact) mass is 346 g/mol. The van der Waals surface area contributed by atoms with Crippen LogP contribution in [0.15, 0.2) is 53.0 Å². The summed E-state index contributed by atoms with van der Waals surface area (Å²) < 4.78 is 1.14. The fourth-order valence-corrected chi connectivity index (χ4v) is 3.09. The van der Waals surface area contributed by atoms with Gasteiger partial charge in [-0.05, 0) is 66.0 Å². The molecule has 2 aromatic rings. The summed E-state index contributed by atoms with van der Waals surface area (Å²) in [5, 5.41) is 0. The normalized spacial score (nSPS) is 10.9. The lowest BCUT2D eigenvalue weighted by molar-refractivity contribution is 0.681. The molecule has 0 spiro atoms. The first-order chi connectivity index (χ1) is 10.1. The van der Waals surface area contributed by atoms with Crippen LogP contribution < -0.4 is 10.6 Å². The highest BCUT2D eigenvalue weighted by atomic mass is 79.9. The summed E-state index contributed by atoms with van der Waals surface area (Å²) in [7, 11) is 0. The number of nitrogens with two attached hydrogens (primary N) is 1. The molecule has 0 atom stereocenters. The molecular weight excluding hydrogens is 324 g/mol. The van der Waals surface area contributed by atoms with E-state index in [-0.39, 0.29) is 0 Å². The zero-order valence-corrected chi connectivity index (χ0v) is 14.3. The third kappa shape index (κ3) is 4.32. The van der Waals surface area contributed by atoms with E-state index in [2.05, 4.69) is 83.2 Å². The van der Waals surface area contributed by atoms with Gasteiger partial charge in [0.15, 0.2) is 0 Å². The Labute approximate surface area is 136 Å². The number of benzene rings is 2. The van der Waals surface area contributed by atoms with Crippen LogP contribution >= 0.6 is 15.9 Å². The molecule has 0 heterocycles. The minimum atomic E-state index is 0.432. The number of halogens is 1. The molecule has 2 aromatic carbocycles. The summed E-state index contributed by atoms with van der Waals surface area (Å²) in [5.74, 6) is 0. The van der Waals surface area contributed by atoms with Crippen LogP contribution in [0.2, 0.25) is 0 Å². The third-order valence-electron chi connectivity index (χ3n) is 3.57. The van der Waals surface area contributed by atoms with E-state index in [1.165, 1.54) is 16.8 Å². The molecule has 0 saturated heterocycles. The van der Waals surface area contributed by atoms with Crippen molar-refractivity contribution in [2.24, 2.45) is 5.73 Å². The molecule has 21 heavy (non-hydrogen) atoms. The molecule has 2 rings (SSSR count). The Bertz CT molecular complexity index is 567. The first-order valence-electron chi connectivity index (χ1n) is 7.41. The number of anilines is 1. The summed E-state index contributed by atoms with van der Waals surface area (Å²) in [6, 6.07) is 17.6. The van der Waals surface area contributed by atoms with Crippen molar-refractivity contribution in [3.05, 3.63) is 64.1 Å². The van der Waals surface area contributed by atoms with Crippen LogP contribution in [0, 0.1) is 0 Å². The van der Waals surface area contributed by atoms with Crippen molar-refractivity contribution in [1.82, 2.24) is 0 Å². The van der Waals surface area contributed by atoms with Crippen LogP contribution in [0.1, 0.15) is 25.0 Å². The van der Waals surface area contributed by atoms with Crippen LogP contribution in [0.25, 0.3) is 0 Å². The van der Waals surface area contributed by atoms with E-state index < -0.39 is 0 Å². The Balaban J connectivity index is 2.26. The van der Waals surface area contributed by atoms with Gasteiger partial charge in [0, 0.05) is 17.1 Å². The van der Waals surface area contributed by atoms with E-state index >= 15 is 0 Å². The average Bonchev–Trinajstić information content (AvgIpc) is 2.47. The van der Waals surface area contributed by atoms with E-state index in [1.54, 1.807) is 0 Å². The van der Waals surface area contributed by atoms with Crippen LogP contribution in [0.3, 0.4) is 0 Å². The van der Waals surface area contributed by atoms with Crippen LogP contribution in [-0.4, -0.2) is 12.6 Å². The number of nitrogens with zero attached hydrogens (tertiary/aromatic N) is 1. The first kappa shape index (κ1) is 16.1. The SMILES string of the molecule is CC(C)N(Cc1ccccc1)c1ccc(CCN)cc1Br. The molecule has 0 aliphatic rings. The summed E-state index contributed by atoms with van der Waals surface area (Å²) in [6.45, 7) is 6.05. The van der Waals surface area contributed by atoms with Gasteiger partial charge in [-0.2, -0.15) is 0 Å². The molecule has 0 aliphatic heterocycles. The summed E-state index contributed by atoms with van der Waals surface area (Å²) >= 11 is 3.72. The molecule has 2 N–H and O–H groups in total. The smallest absolute Gasteiger partial charge is 0.0516 e. The van der Waals surface area contributed by atoms with Gasteiger partial charge < -0.3 is 10.6 Å². The minimum absolute atomic E-state index is 0.432. The van der Waals surface area contributed by atoms with Gasteiger partial charge in [-0.3, -0.25) is 0 Å². The zero-order valence-electron chi connectivity index (χ0n) is 12.7. The maximum Gasteiger partial charge on any atom is 0.0516 e. The van der Waals surface area contributed by atoms with Gasteiger partial charge in [0.2, 0.25) is 0 Å². The van der Waals surface area contributed by atoms with E-state index in [0.29, 0.717) is 12.6 Å². The molecular formula is C18H23BrN2. The Morgan fingerprint density at radius 1 is 1.05 bits per heavy atom. The second-order valence-corrected chi connectivity index (χ2v) is 6.39. The quantitative estimate of drug-likeness (QED) is 0.841. The van der Waals surface area contributed by atoms with Crippen molar-refractivity contribution in [2.75, 3.05) is 11.4 Å². The van der Waals surface area contributed by atoms with Gasteiger partial charge in [0.1, 0.15) is 0 Å². The predicted molar refractivity (Wildman–Crippen MR) is 94.7 cm³/mol. The number of rotatable bonds is 6. The fourth-order valence-electron chi connectivity index (χ4n) is 2.43. The molecule has 0 amide bonds. The Morgan fingerprint density at radius 2 is 1.76 bits per heavy atom. The maximum atomic E-state index is 5.63. The number of hydrogen-bond acceptors (Lipinski definition) is 2. The maximum absolute atomic E-state index is 5.63. The van der Waals surface area contributed by atoms with E-state index in [1.807, 2.05) is 0 Å². The lowest BCUT2D eigenvalue weighted by atomic mass is 10.1. The molecule has 112 valence electrons. The lowest BCUT2D eigenvalue weighted by Gasteiger charge is -2.30. The highest BCUT2D eigenvalue weighted by Gasteiger charge is 2.14. The fraction of sp³-hybridized carbons (Fsp3) is 0.333. The van der Waals surface area contributed by atoms with Crippen molar-refractivity contribution in [2.45, 2.75) is 32.9 Å². The van der Waals surface area contributed by atoms with Gasteiger partial charge >= 0.3 is 0 Å². The summed E-state index contributed by atoms with van der Waals surface area (Å²) in [5.41, 5.74) is 9.46. The molecule has 2 nitrogen and oxygen atoms in total. The third-order valence-corrected chi connectivity index (χ3v) is 4.21. The molecule has 0 fully saturated rings. The van der Waals surface area contributed by atoms with Gasteiger partial charge in [-0.1, -0.05) is 36.4 Å². The van der Waals surface area contributed by atoms with Crippen LogP contribution in [-0.2, 0) is 13.0 Å². The topological polar surface area (TPSA) is 29.3 Å². The van der Waals surface area contributed by atoms with Crippen molar-refractivity contribution >= 4 is 21.6 Å². The predicted octanol–water partition coefficient (Wildman–Crippen LogP) is 4.37. The Hall–Kier alpha value is -1.32. The Morgan fingerprint density at radius 3 is 2.33 bits per heavy atom. The van der Waals surface area contributed by atoms with Crippen LogP contribution in [0.4, 0.5) is 5.69 Å². The number of hydrogen-bond donors (Lipinski definition) is 1. The summed E-state index contributed by atoms with van der Waals surface area (Å²) in [4.78, 5) is 2.41. The first-order valence-corrected chi connectivity index (χ1v) is 8.20. The molecule has 0 aromatic heterocycles. The van der Waals surface area contributed by atoms with Crippen molar-refractivity contribution < 1.29 is 0 Å². The highest BCUT2D eigenvalue weighted by Crippen LogP contribution is 2.30. The van der Waals surface area contributed by atoms with Gasteiger partial charge in [-0.25, -0.2) is 0 Å². The largest absolute Gasteiger partial charge is 0.364 e. The second-order valence-electron chi connectivity index (χ2n) is 5.53. The molecule has 0 bridgehead atoms. The molecule has 0 saturated carbocycles. The Kier molecular flexibility index (Phi) is 5.83. The minimum Gasteiger partial charge on any atom is -0.364 e.